The van der Waals surface area contributed by atoms with Gasteiger partial charge in [-0.2, -0.15) is 0 Å². The van der Waals surface area contributed by atoms with Crippen LogP contribution in [-0.2, 0) is 48.2 Å². The quantitative estimate of drug-likeness (QED) is 0.125. The maximum absolute atomic E-state index is 13.1. The molecule has 0 aromatic heterocycles. The Hall–Kier alpha value is -4.71. The lowest BCUT2D eigenvalue weighted by Gasteiger charge is -2.25. The van der Waals surface area contributed by atoms with Crippen molar-refractivity contribution < 1.29 is 42.9 Å². The molecule has 0 unspecified atom stereocenters. The summed E-state index contributed by atoms with van der Waals surface area (Å²) in [5.74, 6) is 0.0103. The van der Waals surface area contributed by atoms with E-state index in [0.717, 1.165) is 16.9 Å². The third kappa shape index (κ3) is 15.8. The Morgan fingerprint density at radius 3 is 1.84 bits per heavy atom. The summed E-state index contributed by atoms with van der Waals surface area (Å²) in [5, 5.41) is 5.22. The number of carbonyl (C=O) groups is 4. The number of amides is 2. The number of alkyl carbamates (subject to hydrolysis) is 2. The van der Waals surface area contributed by atoms with Crippen LogP contribution >= 0.6 is 10.0 Å². The number of esters is 2. The van der Waals surface area contributed by atoms with Crippen molar-refractivity contribution in [1.82, 2.24) is 10.6 Å². The minimum Gasteiger partial charge on any atom is -0.493 e. The lowest BCUT2D eigenvalue weighted by Crippen LogP contribution is -2.44. The first-order valence-electron chi connectivity index (χ1n) is 16.1. The van der Waals surface area contributed by atoms with Gasteiger partial charge in [0.1, 0.15) is 31.0 Å². The molecule has 0 heterocycles. The van der Waals surface area contributed by atoms with Crippen LogP contribution in [0.4, 0.5) is 9.59 Å². The van der Waals surface area contributed by atoms with Gasteiger partial charge in [0.2, 0.25) is 0 Å². The number of ether oxygens (including phenoxy) is 5. The smallest absolute Gasteiger partial charge is 0.408 e. The molecule has 2 atom stereocenters. The molecule has 11 nitrogen and oxygen atoms in total. The van der Waals surface area contributed by atoms with Crippen LogP contribution in [0, 0.1) is 0 Å². The summed E-state index contributed by atoms with van der Waals surface area (Å²) in [6.45, 7) is 3.81. The monoisotopic (exact) mass is 696 g/mol. The summed E-state index contributed by atoms with van der Waals surface area (Å²) in [7, 11) is -0.886. The summed E-state index contributed by atoms with van der Waals surface area (Å²) < 4.78 is 27.5. The highest BCUT2D eigenvalue weighted by atomic mass is 32.3. The van der Waals surface area contributed by atoms with Crippen molar-refractivity contribution in [3.05, 3.63) is 102 Å². The number of benzene rings is 3. The van der Waals surface area contributed by atoms with E-state index in [2.05, 4.69) is 29.4 Å². The first kappa shape index (κ1) is 38.7. The molecule has 0 fully saturated rings. The zero-order chi connectivity index (χ0) is 35.6. The van der Waals surface area contributed by atoms with Crippen molar-refractivity contribution in [2.45, 2.75) is 58.1 Å². The summed E-state index contributed by atoms with van der Waals surface area (Å²) >= 11 is 0. The van der Waals surface area contributed by atoms with Gasteiger partial charge >= 0.3 is 24.1 Å². The van der Waals surface area contributed by atoms with Crippen LogP contribution in [0.25, 0.3) is 0 Å². The number of nitrogens with one attached hydrogen (secondary N) is 2. The third-order valence-corrected chi connectivity index (χ3v) is 8.28. The molecule has 2 N–H and O–H groups in total. The Bertz CT molecular complexity index is 1480. The second kappa shape index (κ2) is 20.0. The molecule has 0 aliphatic heterocycles. The summed E-state index contributed by atoms with van der Waals surface area (Å²) in [5.41, 5.74) is 2.32. The van der Waals surface area contributed by atoms with Crippen molar-refractivity contribution in [2.75, 3.05) is 37.7 Å². The molecule has 0 aliphatic rings. The molecule has 0 saturated heterocycles. The molecule has 3 aromatic carbocycles. The second-order valence-corrected chi connectivity index (χ2v) is 17.0. The Morgan fingerprint density at radius 2 is 1.22 bits per heavy atom. The molecule has 0 bridgehead atoms. The van der Waals surface area contributed by atoms with E-state index in [1.54, 1.807) is 38.1 Å². The highest BCUT2D eigenvalue weighted by molar-refractivity contribution is 8.32. The van der Waals surface area contributed by atoms with Crippen molar-refractivity contribution in [3.63, 3.8) is 0 Å². The fourth-order valence-corrected chi connectivity index (χ4v) is 4.94. The van der Waals surface area contributed by atoms with Crippen LogP contribution in [0.3, 0.4) is 0 Å². The van der Waals surface area contributed by atoms with E-state index in [1.165, 1.54) is 0 Å². The standard InChI is InChI=1S/C37H48N2O9S/c1-27(2)48-37(43)38-32(34(40)46-25-28-13-8-6-9-14-28)19-20-44-31-18-12-17-30(23-31)24-33(35(41)45-21-22-49(3,4)5)39-36(42)47-26-29-15-10-7-11-16-29/h6-18,23,27,32-33H,19-22,24-26H2,1-5H3,(H,38,43)(H,39,42)/t32-,33-/m0/s1. The number of hydrogen-bond donors (Lipinski definition) is 2. The van der Waals surface area contributed by atoms with Crippen LogP contribution in [0.2, 0.25) is 0 Å². The van der Waals surface area contributed by atoms with Crippen LogP contribution in [0.15, 0.2) is 84.9 Å². The second-order valence-electron chi connectivity index (χ2n) is 12.5. The molecule has 12 heteroatoms. The fraction of sp³-hybridized carbons (Fsp3) is 0.405. The maximum Gasteiger partial charge on any atom is 0.408 e. The lowest BCUT2D eigenvalue weighted by molar-refractivity contribution is -0.148. The van der Waals surface area contributed by atoms with Gasteiger partial charge in [-0.15, -0.1) is 0 Å². The average Bonchev–Trinajstić information content (AvgIpc) is 3.05. The van der Waals surface area contributed by atoms with E-state index < -0.39 is 46.2 Å². The van der Waals surface area contributed by atoms with Gasteiger partial charge in [0.05, 0.1) is 19.3 Å². The largest absolute Gasteiger partial charge is 0.493 e. The minimum atomic E-state index is -1.02. The van der Waals surface area contributed by atoms with Gasteiger partial charge in [-0.25, -0.2) is 29.2 Å². The number of hydrogen-bond acceptors (Lipinski definition) is 9. The molecule has 3 rings (SSSR count). The summed E-state index contributed by atoms with van der Waals surface area (Å²) in [6.07, 6.45) is 4.76. The highest BCUT2D eigenvalue weighted by Gasteiger charge is 2.26. The maximum atomic E-state index is 13.1. The summed E-state index contributed by atoms with van der Waals surface area (Å²) in [4.78, 5) is 51.1. The zero-order valence-electron chi connectivity index (χ0n) is 28.8. The molecule has 0 spiro atoms. The van der Waals surface area contributed by atoms with Gasteiger partial charge < -0.3 is 34.3 Å². The van der Waals surface area contributed by atoms with Crippen LogP contribution in [0.1, 0.15) is 37.0 Å². The molecule has 0 saturated carbocycles. The Kier molecular flexibility index (Phi) is 15.8. The molecule has 0 aliphatic carbocycles. The molecular weight excluding hydrogens is 648 g/mol. The van der Waals surface area contributed by atoms with E-state index in [9.17, 15) is 19.2 Å². The predicted octanol–water partition coefficient (Wildman–Crippen LogP) is 5.78. The van der Waals surface area contributed by atoms with Crippen LogP contribution < -0.4 is 15.4 Å². The van der Waals surface area contributed by atoms with Gasteiger partial charge in [0.15, 0.2) is 0 Å². The first-order chi connectivity index (χ1) is 23.4. The van der Waals surface area contributed by atoms with Crippen LogP contribution in [-0.4, -0.2) is 80.0 Å². The minimum absolute atomic E-state index is 0.0504. The van der Waals surface area contributed by atoms with E-state index in [0.29, 0.717) is 11.3 Å². The predicted molar refractivity (Wildman–Crippen MR) is 190 cm³/mol. The van der Waals surface area contributed by atoms with Crippen molar-refractivity contribution >= 4 is 34.2 Å². The Morgan fingerprint density at radius 1 is 0.653 bits per heavy atom. The molecule has 0 radical (unpaired) electrons. The Labute approximate surface area is 290 Å². The lowest BCUT2D eigenvalue weighted by atomic mass is 10.1. The van der Waals surface area contributed by atoms with E-state index >= 15 is 0 Å². The normalized spacial score (nSPS) is 12.6. The average molecular weight is 697 g/mol. The molecule has 2 amide bonds. The number of rotatable bonds is 18. The zero-order valence-corrected chi connectivity index (χ0v) is 29.7. The molecule has 3 aromatic rings. The van der Waals surface area contributed by atoms with Gasteiger partial charge in [-0.3, -0.25) is 0 Å². The van der Waals surface area contributed by atoms with E-state index in [-0.39, 0.29) is 45.4 Å². The van der Waals surface area contributed by atoms with Gasteiger partial charge in [-0.05, 0) is 61.4 Å². The highest BCUT2D eigenvalue weighted by Crippen LogP contribution is 2.33. The van der Waals surface area contributed by atoms with Crippen molar-refractivity contribution in [3.8, 4) is 5.75 Å². The van der Waals surface area contributed by atoms with E-state index in [4.69, 9.17) is 23.7 Å². The third-order valence-electron chi connectivity index (χ3n) is 6.89. The summed E-state index contributed by atoms with van der Waals surface area (Å²) in [6, 6.07) is 23.4. The molecule has 49 heavy (non-hydrogen) atoms. The first-order valence-corrected chi connectivity index (χ1v) is 19.1. The topological polar surface area (TPSA) is 138 Å². The van der Waals surface area contributed by atoms with Gasteiger partial charge in [0, 0.05) is 18.6 Å². The SMILES string of the molecule is CC(C)OC(=O)N[C@@H](CCOc1cccc(C[C@H](NC(=O)OCc2ccccc2)C(=O)OCCS(C)(C)C)c1)C(=O)OCc1ccccc1. The van der Waals surface area contributed by atoms with Gasteiger partial charge in [-0.1, -0.05) is 72.8 Å². The van der Waals surface area contributed by atoms with E-state index in [1.807, 2.05) is 60.7 Å². The molecule has 266 valence electrons. The fourth-order valence-electron chi connectivity index (χ4n) is 4.35. The van der Waals surface area contributed by atoms with Crippen molar-refractivity contribution in [2.24, 2.45) is 0 Å². The molecular formula is C37H48N2O9S. The number of carbonyl (C=O) groups excluding carboxylic acids is 4. The van der Waals surface area contributed by atoms with Gasteiger partial charge in [0.25, 0.3) is 0 Å². The van der Waals surface area contributed by atoms with Crippen molar-refractivity contribution in [1.29, 1.82) is 0 Å². The van der Waals surface area contributed by atoms with Crippen LogP contribution in [0.5, 0.6) is 5.75 Å². The Balaban J connectivity index is 1.63.